The summed E-state index contributed by atoms with van der Waals surface area (Å²) in [4.78, 5) is 0. The van der Waals surface area contributed by atoms with Crippen LogP contribution in [0.3, 0.4) is 0 Å². The molecule has 1 aromatic carbocycles. The maximum Gasteiger partial charge on any atom is 0.109 e. The molecule has 0 aliphatic heterocycles. The van der Waals surface area contributed by atoms with Gasteiger partial charge in [-0.1, -0.05) is 12.6 Å². The van der Waals surface area contributed by atoms with Gasteiger partial charge in [-0.3, -0.25) is 0 Å². The molecular weight excluding hydrogens is 221 g/mol. The standard InChI is InChI=1S/C13H14FNS/c1-9(12(8-14)15-2)10-3-4-13-11(7-10)5-6-16-13/h3-7,12,15H,1,8H2,2H3. The molecule has 0 aliphatic carbocycles. The van der Waals surface area contributed by atoms with Crippen LogP contribution < -0.4 is 5.32 Å². The fourth-order valence-electron chi connectivity index (χ4n) is 1.71. The van der Waals surface area contributed by atoms with E-state index in [9.17, 15) is 4.39 Å². The van der Waals surface area contributed by atoms with Gasteiger partial charge in [-0.05, 0) is 47.1 Å². The predicted molar refractivity (Wildman–Crippen MR) is 69.7 cm³/mol. The van der Waals surface area contributed by atoms with E-state index in [4.69, 9.17) is 0 Å². The third-order valence-electron chi connectivity index (χ3n) is 2.75. The van der Waals surface area contributed by atoms with E-state index in [0.29, 0.717) is 0 Å². The molecule has 1 heterocycles. The van der Waals surface area contributed by atoms with Crippen LogP contribution in [0, 0.1) is 0 Å². The first-order valence-corrected chi connectivity index (χ1v) is 6.04. The van der Waals surface area contributed by atoms with E-state index in [1.165, 1.54) is 10.1 Å². The van der Waals surface area contributed by atoms with Crippen molar-refractivity contribution in [3.8, 4) is 0 Å². The van der Waals surface area contributed by atoms with E-state index in [-0.39, 0.29) is 6.04 Å². The molecule has 0 saturated carbocycles. The molecule has 3 heteroatoms. The Balaban J connectivity index is 2.35. The Kier molecular flexibility index (Phi) is 3.36. The first kappa shape index (κ1) is 11.3. The molecule has 2 aromatic rings. The van der Waals surface area contributed by atoms with Crippen molar-refractivity contribution in [3.63, 3.8) is 0 Å². The molecule has 0 amide bonds. The second-order valence-corrected chi connectivity index (χ2v) is 4.64. The fraction of sp³-hybridized carbons (Fsp3) is 0.231. The van der Waals surface area contributed by atoms with Gasteiger partial charge in [-0.2, -0.15) is 0 Å². The molecule has 0 radical (unpaired) electrons. The molecule has 0 bridgehead atoms. The van der Waals surface area contributed by atoms with Gasteiger partial charge in [0.25, 0.3) is 0 Å². The molecule has 2 rings (SSSR count). The third kappa shape index (κ3) is 2.01. The number of alkyl halides is 1. The lowest BCUT2D eigenvalue weighted by Gasteiger charge is -2.15. The summed E-state index contributed by atoms with van der Waals surface area (Å²) in [5.41, 5.74) is 1.81. The maximum atomic E-state index is 12.7. The van der Waals surface area contributed by atoms with Crippen molar-refractivity contribution < 1.29 is 4.39 Å². The summed E-state index contributed by atoms with van der Waals surface area (Å²) >= 11 is 1.71. The monoisotopic (exact) mass is 235 g/mol. The summed E-state index contributed by atoms with van der Waals surface area (Å²) in [6.07, 6.45) is 0. The molecule has 16 heavy (non-hydrogen) atoms. The number of hydrogen-bond donors (Lipinski definition) is 1. The predicted octanol–water partition coefficient (Wildman–Crippen LogP) is 3.47. The highest BCUT2D eigenvalue weighted by Gasteiger charge is 2.12. The van der Waals surface area contributed by atoms with E-state index in [1.807, 2.05) is 6.07 Å². The van der Waals surface area contributed by atoms with E-state index < -0.39 is 6.67 Å². The first-order chi connectivity index (χ1) is 7.76. The normalized spacial score (nSPS) is 12.9. The quantitative estimate of drug-likeness (QED) is 0.855. The van der Waals surface area contributed by atoms with Crippen LogP contribution >= 0.6 is 11.3 Å². The van der Waals surface area contributed by atoms with Crippen molar-refractivity contribution in [3.05, 3.63) is 41.8 Å². The highest BCUT2D eigenvalue weighted by atomic mass is 32.1. The summed E-state index contributed by atoms with van der Waals surface area (Å²) < 4.78 is 14.0. The average molecular weight is 235 g/mol. The Morgan fingerprint density at radius 1 is 1.50 bits per heavy atom. The van der Waals surface area contributed by atoms with Crippen molar-refractivity contribution in [2.75, 3.05) is 13.7 Å². The number of benzene rings is 1. The van der Waals surface area contributed by atoms with Crippen molar-refractivity contribution in [2.45, 2.75) is 6.04 Å². The second kappa shape index (κ2) is 4.76. The Labute approximate surface area is 98.6 Å². The molecular formula is C13H14FNS. The Hall–Kier alpha value is -1.19. The van der Waals surface area contributed by atoms with Gasteiger partial charge < -0.3 is 5.32 Å². The van der Waals surface area contributed by atoms with Crippen LogP contribution in [0.5, 0.6) is 0 Å². The molecule has 1 nitrogen and oxygen atoms in total. The lowest BCUT2D eigenvalue weighted by Crippen LogP contribution is -2.28. The topological polar surface area (TPSA) is 12.0 Å². The minimum atomic E-state index is -0.434. The largest absolute Gasteiger partial charge is 0.311 e. The first-order valence-electron chi connectivity index (χ1n) is 5.16. The zero-order valence-electron chi connectivity index (χ0n) is 9.16. The lowest BCUT2D eigenvalue weighted by molar-refractivity contribution is 0.440. The smallest absolute Gasteiger partial charge is 0.109 e. The number of fused-ring (bicyclic) bond motifs is 1. The summed E-state index contributed by atoms with van der Waals surface area (Å²) in [5, 5.41) is 6.17. The molecule has 0 fully saturated rings. The van der Waals surface area contributed by atoms with Gasteiger partial charge in [0.05, 0.1) is 6.04 Å². The zero-order valence-corrected chi connectivity index (χ0v) is 9.98. The van der Waals surface area contributed by atoms with Crippen LogP contribution in [0.4, 0.5) is 4.39 Å². The minimum absolute atomic E-state index is 0.295. The third-order valence-corrected chi connectivity index (χ3v) is 3.64. The van der Waals surface area contributed by atoms with Crippen molar-refractivity contribution in [1.82, 2.24) is 5.32 Å². The van der Waals surface area contributed by atoms with Gasteiger partial charge in [-0.25, -0.2) is 4.39 Å². The van der Waals surface area contributed by atoms with Crippen LogP contribution in [0.1, 0.15) is 5.56 Å². The maximum absolute atomic E-state index is 12.7. The number of halogens is 1. The number of likely N-dealkylation sites (N-methyl/N-ethyl adjacent to an activating group) is 1. The Bertz CT molecular complexity index is 499. The highest BCUT2D eigenvalue weighted by molar-refractivity contribution is 7.17. The SMILES string of the molecule is C=C(c1ccc2sccc2c1)C(CF)NC. The second-order valence-electron chi connectivity index (χ2n) is 3.69. The van der Waals surface area contributed by atoms with Crippen LogP contribution in [0.2, 0.25) is 0 Å². The van der Waals surface area contributed by atoms with E-state index in [1.54, 1.807) is 18.4 Å². The summed E-state index contributed by atoms with van der Waals surface area (Å²) in [7, 11) is 1.75. The van der Waals surface area contributed by atoms with Crippen molar-refractivity contribution in [1.29, 1.82) is 0 Å². The van der Waals surface area contributed by atoms with Crippen LogP contribution in [-0.4, -0.2) is 19.8 Å². The molecule has 1 unspecified atom stereocenters. The summed E-state index contributed by atoms with van der Waals surface area (Å²) in [6.45, 7) is 3.53. The lowest BCUT2D eigenvalue weighted by atomic mass is 10.00. The Morgan fingerprint density at radius 3 is 3.00 bits per heavy atom. The fourth-order valence-corrected chi connectivity index (χ4v) is 2.48. The summed E-state index contributed by atoms with van der Waals surface area (Å²) in [6, 6.07) is 7.90. The Morgan fingerprint density at radius 2 is 2.31 bits per heavy atom. The van der Waals surface area contributed by atoms with Gasteiger partial charge in [0, 0.05) is 4.70 Å². The van der Waals surface area contributed by atoms with Gasteiger partial charge >= 0.3 is 0 Å². The van der Waals surface area contributed by atoms with Gasteiger partial charge in [0.15, 0.2) is 0 Å². The van der Waals surface area contributed by atoms with Crippen LogP contribution in [0.15, 0.2) is 36.2 Å². The zero-order chi connectivity index (χ0) is 11.5. The summed E-state index contributed by atoms with van der Waals surface area (Å²) in [5.74, 6) is 0. The highest BCUT2D eigenvalue weighted by Crippen LogP contribution is 2.25. The minimum Gasteiger partial charge on any atom is -0.311 e. The van der Waals surface area contributed by atoms with Gasteiger partial charge in [0.1, 0.15) is 6.67 Å². The van der Waals surface area contributed by atoms with Gasteiger partial charge in [0.2, 0.25) is 0 Å². The number of thiophene rings is 1. The van der Waals surface area contributed by atoms with E-state index >= 15 is 0 Å². The number of nitrogens with one attached hydrogen (secondary N) is 1. The molecule has 0 aliphatic rings. The molecule has 1 N–H and O–H groups in total. The van der Waals surface area contributed by atoms with Crippen molar-refractivity contribution >= 4 is 27.0 Å². The van der Waals surface area contributed by atoms with Crippen molar-refractivity contribution in [2.24, 2.45) is 0 Å². The van der Waals surface area contributed by atoms with Gasteiger partial charge in [-0.15, -0.1) is 11.3 Å². The molecule has 0 saturated heterocycles. The van der Waals surface area contributed by atoms with Crippen LogP contribution in [0.25, 0.3) is 15.7 Å². The van der Waals surface area contributed by atoms with E-state index in [0.717, 1.165) is 11.1 Å². The van der Waals surface area contributed by atoms with Crippen LogP contribution in [-0.2, 0) is 0 Å². The molecule has 0 spiro atoms. The molecule has 84 valence electrons. The number of hydrogen-bond acceptors (Lipinski definition) is 2. The van der Waals surface area contributed by atoms with E-state index in [2.05, 4.69) is 35.5 Å². The molecule has 1 atom stereocenters. The number of rotatable bonds is 4. The molecule has 1 aromatic heterocycles. The average Bonchev–Trinajstić information content (AvgIpc) is 2.77.